The third-order valence-electron chi connectivity index (χ3n) is 5.60. The number of ether oxygens (including phenoxy) is 1. The van der Waals surface area contributed by atoms with Crippen LogP contribution >= 0.6 is 0 Å². The Morgan fingerprint density at radius 3 is 2.37 bits per heavy atom. The maximum absolute atomic E-state index is 12.4. The van der Waals surface area contributed by atoms with Crippen molar-refractivity contribution in [2.45, 2.75) is 33.2 Å². The molecule has 4 rings (SSSR count). The average Bonchev–Trinajstić information content (AvgIpc) is 3.31. The van der Waals surface area contributed by atoms with Crippen LogP contribution in [0.1, 0.15) is 29.8 Å². The van der Waals surface area contributed by atoms with E-state index in [2.05, 4.69) is 30.4 Å². The van der Waals surface area contributed by atoms with Gasteiger partial charge < -0.3 is 25.2 Å². The van der Waals surface area contributed by atoms with Crippen molar-refractivity contribution in [1.82, 2.24) is 20.3 Å². The molecule has 1 aromatic carbocycles. The van der Waals surface area contributed by atoms with E-state index in [1.807, 2.05) is 32.0 Å². The van der Waals surface area contributed by atoms with E-state index in [-0.39, 0.29) is 12.6 Å². The molecule has 30 heavy (non-hydrogen) atoms. The van der Waals surface area contributed by atoms with Gasteiger partial charge in [-0.15, -0.1) is 0 Å². The van der Waals surface area contributed by atoms with E-state index in [1.165, 1.54) is 0 Å². The van der Waals surface area contributed by atoms with Gasteiger partial charge in [0.05, 0.1) is 19.8 Å². The predicted molar refractivity (Wildman–Crippen MR) is 116 cm³/mol. The molecule has 0 unspecified atom stereocenters. The van der Waals surface area contributed by atoms with Crippen molar-refractivity contribution in [1.29, 1.82) is 0 Å². The van der Waals surface area contributed by atoms with Crippen molar-refractivity contribution >= 4 is 23.6 Å². The molecule has 0 bridgehead atoms. The molecule has 9 heteroatoms. The number of anilines is 3. The van der Waals surface area contributed by atoms with Gasteiger partial charge in [-0.2, -0.15) is 15.0 Å². The van der Waals surface area contributed by atoms with Crippen LogP contribution in [0.5, 0.6) is 0 Å². The van der Waals surface area contributed by atoms with Crippen LogP contribution in [0.3, 0.4) is 0 Å². The summed E-state index contributed by atoms with van der Waals surface area (Å²) in [4.78, 5) is 30.7. The quantitative estimate of drug-likeness (QED) is 0.779. The summed E-state index contributed by atoms with van der Waals surface area (Å²) in [5, 5.41) is 5.79. The fourth-order valence-corrected chi connectivity index (χ4v) is 3.65. The molecule has 2 aromatic rings. The van der Waals surface area contributed by atoms with Gasteiger partial charge in [0, 0.05) is 31.9 Å². The number of rotatable bonds is 5. The Balaban J connectivity index is 1.47. The molecule has 2 amide bonds. The van der Waals surface area contributed by atoms with Crippen LogP contribution < -0.4 is 20.4 Å². The third-order valence-corrected chi connectivity index (χ3v) is 5.60. The van der Waals surface area contributed by atoms with Gasteiger partial charge in [0.1, 0.15) is 0 Å². The van der Waals surface area contributed by atoms with Crippen molar-refractivity contribution < 1.29 is 9.53 Å². The molecule has 0 atom stereocenters. The molecule has 3 heterocycles. The Morgan fingerprint density at radius 2 is 1.67 bits per heavy atom. The third kappa shape index (κ3) is 4.79. The van der Waals surface area contributed by atoms with E-state index in [4.69, 9.17) is 9.72 Å². The molecule has 0 spiro atoms. The second-order valence-corrected chi connectivity index (χ2v) is 7.70. The number of benzene rings is 1. The first-order chi connectivity index (χ1) is 14.6. The summed E-state index contributed by atoms with van der Waals surface area (Å²) in [5.74, 6) is 1.90. The molecule has 2 saturated heterocycles. The lowest BCUT2D eigenvalue weighted by Gasteiger charge is -2.28. The van der Waals surface area contributed by atoms with Crippen LogP contribution in [0, 0.1) is 13.8 Å². The summed E-state index contributed by atoms with van der Waals surface area (Å²) in [6, 6.07) is 5.57. The Bertz CT molecular complexity index is 893. The summed E-state index contributed by atoms with van der Waals surface area (Å²) in [5.41, 5.74) is 2.99. The van der Waals surface area contributed by atoms with Crippen LogP contribution in [0.25, 0.3) is 0 Å². The topological polar surface area (TPSA) is 95.5 Å². The van der Waals surface area contributed by atoms with Gasteiger partial charge in [-0.25, -0.2) is 4.79 Å². The fraction of sp³-hybridized carbons (Fsp3) is 0.524. The lowest BCUT2D eigenvalue weighted by molar-refractivity contribution is 0.122. The number of carbonyl (C=O) groups is 1. The first-order valence-electron chi connectivity index (χ1n) is 10.5. The Labute approximate surface area is 176 Å². The SMILES string of the molecule is Cc1cccc(NC(=O)NCc2nc(N3CCCC3)nc(N3CCOCC3)n2)c1C. The van der Waals surface area contributed by atoms with Gasteiger partial charge in [-0.1, -0.05) is 12.1 Å². The molecule has 1 aromatic heterocycles. The van der Waals surface area contributed by atoms with Gasteiger partial charge in [0.2, 0.25) is 11.9 Å². The van der Waals surface area contributed by atoms with E-state index < -0.39 is 0 Å². The van der Waals surface area contributed by atoms with E-state index in [0.717, 1.165) is 55.8 Å². The van der Waals surface area contributed by atoms with E-state index in [1.54, 1.807) is 0 Å². The minimum absolute atomic E-state index is 0.234. The summed E-state index contributed by atoms with van der Waals surface area (Å²) in [7, 11) is 0. The van der Waals surface area contributed by atoms with Crippen LogP contribution in [0.15, 0.2) is 18.2 Å². The van der Waals surface area contributed by atoms with Crippen LogP contribution in [-0.4, -0.2) is 60.4 Å². The molecule has 2 aliphatic heterocycles. The summed E-state index contributed by atoms with van der Waals surface area (Å²) >= 11 is 0. The number of morpholine rings is 1. The molecule has 2 N–H and O–H groups in total. The van der Waals surface area contributed by atoms with Crippen molar-refractivity contribution in [3.8, 4) is 0 Å². The standard InChI is InChI=1S/C21H29N7O2/c1-15-6-5-7-17(16(15)2)23-21(29)22-14-18-24-19(27-8-3-4-9-27)26-20(25-18)28-10-12-30-13-11-28/h5-7H,3-4,8-14H2,1-2H3,(H2,22,23,29). The van der Waals surface area contributed by atoms with Crippen molar-refractivity contribution in [3.63, 3.8) is 0 Å². The molecule has 0 aliphatic carbocycles. The Hall–Kier alpha value is -2.94. The maximum atomic E-state index is 12.4. The van der Waals surface area contributed by atoms with Gasteiger partial charge in [-0.3, -0.25) is 0 Å². The summed E-state index contributed by atoms with van der Waals surface area (Å²) in [6.45, 7) is 8.99. The molecular formula is C21H29N7O2. The minimum Gasteiger partial charge on any atom is -0.378 e. The smallest absolute Gasteiger partial charge is 0.319 e. The predicted octanol–water partition coefficient (Wildman–Crippen LogP) is 2.25. The first-order valence-corrected chi connectivity index (χ1v) is 10.5. The van der Waals surface area contributed by atoms with Crippen LogP contribution in [0.4, 0.5) is 22.4 Å². The highest BCUT2D eigenvalue weighted by molar-refractivity contribution is 5.90. The molecule has 9 nitrogen and oxygen atoms in total. The van der Waals surface area contributed by atoms with Crippen molar-refractivity contribution in [2.24, 2.45) is 0 Å². The molecule has 160 valence electrons. The van der Waals surface area contributed by atoms with Gasteiger partial charge in [-0.05, 0) is 43.9 Å². The number of carbonyl (C=O) groups excluding carboxylic acids is 1. The number of amides is 2. The van der Waals surface area contributed by atoms with Crippen molar-refractivity contribution in [2.75, 3.05) is 54.5 Å². The van der Waals surface area contributed by atoms with Crippen LogP contribution in [0.2, 0.25) is 0 Å². The minimum atomic E-state index is -0.278. The maximum Gasteiger partial charge on any atom is 0.319 e. The number of aryl methyl sites for hydroxylation is 1. The number of hydrogen-bond acceptors (Lipinski definition) is 7. The highest BCUT2D eigenvalue weighted by Crippen LogP contribution is 2.20. The lowest BCUT2D eigenvalue weighted by Crippen LogP contribution is -2.38. The second-order valence-electron chi connectivity index (χ2n) is 7.70. The van der Waals surface area contributed by atoms with E-state index >= 15 is 0 Å². The Kier molecular flexibility index (Phi) is 6.27. The molecule has 2 fully saturated rings. The molecular weight excluding hydrogens is 382 g/mol. The number of urea groups is 1. The summed E-state index contributed by atoms with van der Waals surface area (Å²) < 4.78 is 5.45. The second kappa shape index (κ2) is 9.25. The highest BCUT2D eigenvalue weighted by atomic mass is 16.5. The Morgan fingerprint density at radius 1 is 1.00 bits per heavy atom. The zero-order chi connectivity index (χ0) is 20.9. The largest absolute Gasteiger partial charge is 0.378 e. The number of aromatic nitrogens is 3. The molecule has 0 saturated carbocycles. The highest BCUT2D eigenvalue weighted by Gasteiger charge is 2.21. The summed E-state index contributed by atoms with van der Waals surface area (Å²) in [6.07, 6.45) is 2.29. The lowest BCUT2D eigenvalue weighted by atomic mass is 10.1. The van der Waals surface area contributed by atoms with Gasteiger partial charge >= 0.3 is 6.03 Å². The molecule has 0 radical (unpaired) electrons. The normalized spacial score (nSPS) is 16.6. The average molecular weight is 412 g/mol. The fourth-order valence-electron chi connectivity index (χ4n) is 3.65. The monoisotopic (exact) mass is 411 g/mol. The number of nitrogens with zero attached hydrogens (tertiary/aromatic N) is 5. The zero-order valence-corrected chi connectivity index (χ0v) is 17.6. The zero-order valence-electron chi connectivity index (χ0n) is 17.6. The van der Waals surface area contributed by atoms with Gasteiger partial charge in [0.15, 0.2) is 5.82 Å². The first kappa shape index (κ1) is 20.3. The van der Waals surface area contributed by atoms with Crippen molar-refractivity contribution in [3.05, 3.63) is 35.2 Å². The number of hydrogen-bond donors (Lipinski definition) is 2. The van der Waals surface area contributed by atoms with Gasteiger partial charge in [0.25, 0.3) is 0 Å². The van der Waals surface area contributed by atoms with E-state index in [9.17, 15) is 4.79 Å². The van der Waals surface area contributed by atoms with E-state index in [0.29, 0.717) is 30.9 Å². The molecule has 2 aliphatic rings. The number of nitrogens with one attached hydrogen (secondary N) is 2. The van der Waals surface area contributed by atoms with Crippen LogP contribution in [-0.2, 0) is 11.3 Å².